The predicted molar refractivity (Wildman–Crippen MR) is 49.8 cm³/mol. The zero-order chi connectivity index (χ0) is 10.0. The van der Waals surface area contributed by atoms with Crippen molar-refractivity contribution in [3.05, 3.63) is 0 Å². The molecule has 1 fully saturated rings. The first kappa shape index (κ1) is 10.0. The highest BCUT2D eigenvalue weighted by molar-refractivity contribution is 8.15. The van der Waals surface area contributed by atoms with Gasteiger partial charge in [-0.05, 0) is 0 Å². The fraction of sp³-hybridized carbons (Fsp3) is 0.571. The average molecular weight is 202 g/mol. The summed E-state index contributed by atoms with van der Waals surface area (Å²) in [5.74, 6) is -1.15. The van der Waals surface area contributed by atoms with E-state index in [9.17, 15) is 9.59 Å². The molecule has 13 heavy (non-hydrogen) atoms. The van der Waals surface area contributed by atoms with Gasteiger partial charge < -0.3 is 5.11 Å². The standard InChI is InChI=1S/C7H10N2O3S/c1-8-7-9(2)6(12)4(13-7)3-5(10)11/h4H,3H2,1-2H3,(H,10,11)/t4-/m0/s1. The minimum atomic E-state index is -0.961. The Bertz CT molecular complexity index is 277. The van der Waals surface area contributed by atoms with Crippen LogP contribution in [0.25, 0.3) is 0 Å². The summed E-state index contributed by atoms with van der Waals surface area (Å²) in [6, 6.07) is 0. The van der Waals surface area contributed by atoms with Crippen LogP contribution in [0.2, 0.25) is 0 Å². The Balaban J connectivity index is 2.72. The maximum Gasteiger partial charge on any atom is 0.305 e. The van der Waals surface area contributed by atoms with Gasteiger partial charge in [0, 0.05) is 14.1 Å². The van der Waals surface area contributed by atoms with E-state index in [-0.39, 0.29) is 12.3 Å². The molecule has 0 unspecified atom stereocenters. The van der Waals surface area contributed by atoms with Gasteiger partial charge in [-0.25, -0.2) is 0 Å². The summed E-state index contributed by atoms with van der Waals surface area (Å²) in [4.78, 5) is 27.0. The lowest BCUT2D eigenvalue weighted by molar-refractivity contribution is -0.139. The van der Waals surface area contributed by atoms with E-state index in [0.717, 1.165) is 0 Å². The van der Waals surface area contributed by atoms with Crippen LogP contribution in [0.3, 0.4) is 0 Å². The first-order chi connectivity index (χ1) is 6.06. The van der Waals surface area contributed by atoms with Crippen molar-refractivity contribution in [3.8, 4) is 0 Å². The minimum Gasteiger partial charge on any atom is -0.481 e. The number of thioether (sulfide) groups is 1. The summed E-state index contributed by atoms with van der Waals surface area (Å²) in [6.45, 7) is 0. The second-order valence-corrected chi connectivity index (χ2v) is 3.78. The topological polar surface area (TPSA) is 70.0 Å². The lowest BCUT2D eigenvalue weighted by atomic mass is 10.3. The molecule has 0 aromatic carbocycles. The van der Waals surface area contributed by atoms with Gasteiger partial charge in [0.05, 0.1) is 6.42 Å². The number of aliphatic imine (C=N–C) groups is 1. The van der Waals surface area contributed by atoms with Gasteiger partial charge in [0.1, 0.15) is 5.25 Å². The molecule has 0 spiro atoms. The normalized spacial score (nSPS) is 25.7. The Morgan fingerprint density at radius 2 is 2.38 bits per heavy atom. The number of aliphatic carboxylic acids is 1. The summed E-state index contributed by atoms with van der Waals surface area (Å²) in [5, 5.41) is 8.58. The third-order valence-electron chi connectivity index (χ3n) is 1.69. The number of carbonyl (C=O) groups excluding carboxylic acids is 1. The molecule has 0 aliphatic carbocycles. The number of hydrogen-bond acceptors (Lipinski definition) is 4. The summed E-state index contributed by atoms with van der Waals surface area (Å²) < 4.78 is 0. The Labute approximate surface area is 79.8 Å². The number of amides is 1. The highest BCUT2D eigenvalue weighted by Crippen LogP contribution is 2.27. The molecular formula is C7H10N2O3S. The van der Waals surface area contributed by atoms with Crippen LogP contribution in [0.5, 0.6) is 0 Å². The molecule has 1 heterocycles. The summed E-state index contributed by atoms with van der Waals surface area (Å²) in [6.07, 6.45) is -0.146. The van der Waals surface area contributed by atoms with Crippen LogP contribution in [-0.2, 0) is 9.59 Å². The van der Waals surface area contributed by atoms with Crippen LogP contribution in [0, 0.1) is 0 Å². The number of amidine groups is 1. The molecule has 0 saturated carbocycles. The van der Waals surface area contributed by atoms with Gasteiger partial charge in [-0.15, -0.1) is 0 Å². The molecule has 5 nitrogen and oxygen atoms in total. The Hall–Kier alpha value is -1.04. The third-order valence-corrected chi connectivity index (χ3v) is 3.01. The molecule has 1 N–H and O–H groups in total. The Kier molecular flexibility index (Phi) is 2.92. The molecule has 0 radical (unpaired) electrons. The monoisotopic (exact) mass is 202 g/mol. The third kappa shape index (κ3) is 2.00. The zero-order valence-corrected chi connectivity index (χ0v) is 8.17. The second kappa shape index (κ2) is 3.78. The van der Waals surface area contributed by atoms with E-state index in [1.807, 2.05) is 0 Å². The van der Waals surface area contributed by atoms with Gasteiger partial charge >= 0.3 is 5.97 Å². The molecule has 0 aromatic heterocycles. The average Bonchev–Trinajstić information content (AvgIpc) is 2.32. The summed E-state index contributed by atoms with van der Waals surface area (Å²) >= 11 is 1.20. The lowest BCUT2D eigenvalue weighted by Crippen LogP contribution is -2.28. The second-order valence-electron chi connectivity index (χ2n) is 2.61. The van der Waals surface area contributed by atoms with Crippen molar-refractivity contribution < 1.29 is 14.7 Å². The molecule has 1 aliphatic rings. The molecule has 1 saturated heterocycles. The van der Waals surface area contributed by atoms with Crippen molar-refractivity contribution in [1.82, 2.24) is 4.90 Å². The fourth-order valence-corrected chi connectivity index (χ4v) is 2.15. The smallest absolute Gasteiger partial charge is 0.305 e. The van der Waals surface area contributed by atoms with Gasteiger partial charge in [0.25, 0.3) is 0 Å². The van der Waals surface area contributed by atoms with Gasteiger partial charge in [0.2, 0.25) is 5.91 Å². The number of carbonyl (C=O) groups is 2. The van der Waals surface area contributed by atoms with Crippen molar-refractivity contribution in [2.24, 2.45) is 4.99 Å². The number of hydrogen-bond donors (Lipinski definition) is 1. The van der Waals surface area contributed by atoms with Crippen molar-refractivity contribution in [2.75, 3.05) is 14.1 Å². The Morgan fingerprint density at radius 3 is 2.77 bits per heavy atom. The molecule has 1 aliphatic heterocycles. The van der Waals surface area contributed by atoms with Crippen LogP contribution in [0.15, 0.2) is 4.99 Å². The van der Waals surface area contributed by atoms with Crippen molar-refractivity contribution in [2.45, 2.75) is 11.7 Å². The van der Waals surface area contributed by atoms with Gasteiger partial charge in [-0.2, -0.15) is 0 Å². The number of rotatable bonds is 2. The number of carboxylic acid groups (broad SMARTS) is 1. The number of nitrogens with zero attached hydrogens (tertiary/aromatic N) is 2. The van der Waals surface area contributed by atoms with Crippen LogP contribution in [0.4, 0.5) is 0 Å². The minimum absolute atomic E-state index is 0.146. The Morgan fingerprint density at radius 1 is 1.77 bits per heavy atom. The molecule has 6 heteroatoms. The quantitative estimate of drug-likeness (QED) is 0.685. The van der Waals surface area contributed by atoms with Crippen LogP contribution in [0.1, 0.15) is 6.42 Å². The molecule has 0 aromatic rings. The fourth-order valence-electron chi connectivity index (χ4n) is 1.06. The maximum atomic E-state index is 11.4. The van der Waals surface area contributed by atoms with E-state index in [4.69, 9.17) is 5.11 Å². The van der Waals surface area contributed by atoms with Crippen LogP contribution < -0.4 is 0 Å². The predicted octanol–water partition coefficient (Wildman–Crippen LogP) is 0.0207. The highest BCUT2D eigenvalue weighted by atomic mass is 32.2. The lowest BCUT2D eigenvalue weighted by Gasteiger charge is -2.06. The number of carboxylic acids is 1. The first-order valence-electron chi connectivity index (χ1n) is 3.69. The molecule has 1 atom stereocenters. The molecule has 0 bridgehead atoms. The molecule has 72 valence electrons. The van der Waals surface area contributed by atoms with Crippen molar-refractivity contribution in [1.29, 1.82) is 0 Å². The molecular weight excluding hydrogens is 192 g/mol. The van der Waals surface area contributed by atoms with E-state index in [0.29, 0.717) is 5.17 Å². The SMILES string of the molecule is CN=C1S[C@@H](CC(=O)O)C(=O)N1C. The van der Waals surface area contributed by atoms with Gasteiger partial charge in [-0.3, -0.25) is 19.5 Å². The van der Waals surface area contributed by atoms with Crippen molar-refractivity contribution >= 4 is 28.8 Å². The van der Waals surface area contributed by atoms with E-state index < -0.39 is 11.2 Å². The molecule has 1 rings (SSSR count). The van der Waals surface area contributed by atoms with E-state index in [1.165, 1.54) is 16.7 Å². The largest absolute Gasteiger partial charge is 0.481 e. The van der Waals surface area contributed by atoms with Gasteiger partial charge in [0.15, 0.2) is 5.17 Å². The first-order valence-corrected chi connectivity index (χ1v) is 4.57. The van der Waals surface area contributed by atoms with E-state index in [2.05, 4.69) is 4.99 Å². The summed E-state index contributed by atoms with van der Waals surface area (Å²) in [5.41, 5.74) is 0. The van der Waals surface area contributed by atoms with Crippen LogP contribution >= 0.6 is 11.8 Å². The van der Waals surface area contributed by atoms with E-state index in [1.54, 1.807) is 14.1 Å². The van der Waals surface area contributed by atoms with Gasteiger partial charge in [-0.1, -0.05) is 11.8 Å². The highest BCUT2D eigenvalue weighted by Gasteiger charge is 2.36. The maximum absolute atomic E-state index is 11.4. The molecule has 1 amide bonds. The zero-order valence-electron chi connectivity index (χ0n) is 7.35. The van der Waals surface area contributed by atoms with E-state index >= 15 is 0 Å². The van der Waals surface area contributed by atoms with Crippen LogP contribution in [-0.4, -0.2) is 46.4 Å². The van der Waals surface area contributed by atoms with Crippen molar-refractivity contribution in [3.63, 3.8) is 0 Å². The summed E-state index contributed by atoms with van der Waals surface area (Å²) in [7, 11) is 3.18.